The Morgan fingerprint density at radius 2 is 2.29 bits per heavy atom. The van der Waals surface area contributed by atoms with Gasteiger partial charge in [-0.25, -0.2) is 8.42 Å². The molecule has 0 saturated carbocycles. The highest BCUT2D eigenvalue weighted by Crippen LogP contribution is 2.18. The minimum Gasteiger partial charge on any atom is -0.390 e. The van der Waals surface area contributed by atoms with Crippen LogP contribution in [0.15, 0.2) is 29.4 Å². The van der Waals surface area contributed by atoms with Crippen LogP contribution in [0.4, 0.5) is 0 Å². The lowest BCUT2D eigenvalue weighted by atomic mass is 10.2. The van der Waals surface area contributed by atoms with Crippen LogP contribution >= 0.6 is 0 Å². The van der Waals surface area contributed by atoms with E-state index in [-0.39, 0.29) is 4.90 Å². The highest BCUT2D eigenvalue weighted by molar-refractivity contribution is 7.89. The van der Waals surface area contributed by atoms with Crippen molar-refractivity contribution >= 4 is 10.0 Å². The first kappa shape index (κ1) is 12.4. The summed E-state index contributed by atoms with van der Waals surface area (Å²) < 4.78 is 25.6. The van der Waals surface area contributed by atoms with Crippen molar-refractivity contribution in [3.8, 4) is 0 Å². The van der Waals surface area contributed by atoms with Gasteiger partial charge in [0, 0.05) is 32.5 Å². The van der Waals surface area contributed by atoms with Gasteiger partial charge in [0.15, 0.2) is 0 Å². The molecule has 7 heteroatoms. The molecule has 0 amide bonds. The first-order valence-corrected chi connectivity index (χ1v) is 6.74. The molecule has 17 heavy (non-hydrogen) atoms. The number of sulfonamides is 1. The number of hydrogen-bond acceptors (Lipinski definition) is 5. The molecule has 1 saturated heterocycles. The summed E-state index contributed by atoms with van der Waals surface area (Å²) in [7, 11) is -2.11. The Morgan fingerprint density at radius 3 is 2.82 bits per heavy atom. The molecule has 1 aromatic rings. The van der Waals surface area contributed by atoms with Crippen molar-refractivity contribution in [3.63, 3.8) is 0 Å². The number of likely N-dealkylation sites (N-methyl/N-ethyl adjacent to an activating group) is 1. The van der Waals surface area contributed by atoms with Gasteiger partial charge >= 0.3 is 0 Å². The summed E-state index contributed by atoms with van der Waals surface area (Å²) in [4.78, 5) is 3.94. The van der Waals surface area contributed by atoms with E-state index in [1.165, 1.54) is 29.8 Å². The standard InChI is InChI=1S/C10H15N3O3S/c1-13(9-6-12-7-10(9)14)17(15,16)8-3-2-4-11-5-8/h2-5,9-10,12,14H,6-7H2,1H3/t9-,10-/m0/s1. The molecule has 1 aromatic heterocycles. The predicted octanol–water partition coefficient (Wildman–Crippen LogP) is -0.965. The molecule has 1 aliphatic heterocycles. The second-order valence-electron chi connectivity index (χ2n) is 4.00. The fourth-order valence-corrected chi connectivity index (χ4v) is 3.21. The van der Waals surface area contributed by atoms with Crippen molar-refractivity contribution in [3.05, 3.63) is 24.5 Å². The Morgan fingerprint density at radius 1 is 1.53 bits per heavy atom. The molecule has 0 spiro atoms. The smallest absolute Gasteiger partial charge is 0.244 e. The molecule has 1 aliphatic rings. The molecule has 0 radical (unpaired) electrons. The Hall–Kier alpha value is -1.02. The second-order valence-corrected chi connectivity index (χ2v) is 6.00. The van der Waals surface area contributed by atoms with Gasteiger partial charge in [0.2, 0.25) is 10.0 Å². The molecule has 0 bridgehead atoms. The van der Waals surface area contributed by atoms with Crippen molar-refractivity contribution in [2.24, 2.45) is 0 Å². The molecule has 0 aromatic carbocycles. The fourth-order valence-electron chi connectivity index (χ4n) is 1.87. The average molecular weight is 257 g/mol. The molecule has 2 N–H and O–H groups in total. The van der Waals surface area contributed by atoms with Crippen molar-refractivity contribution in [2.45, 2.75) is 17.0 Å². The monoisotopic (exact) mass is 257 g/mol. The largest absolute Gasteiger partial charge is 0.390 e. The first-order chi connectivity index (χ1) is 8.03. The number of nitrogens with zero attached hydrogens (tertiary/aromatic N) is 2. The molecule has 94 valence electrons. The summed E-state index contributed by atoms with van der Waals surface area (Å²) in [6, 6.07) is 2.64. The van der Waals surface area contributed by atoms with Gasteiger partial charge in [-0.3, -0.25) is 4.98 Å². The van der Waals surface area contributed by atoms with Gasteiger partial charge in [0.05, 0.1) is 12.1 Å². The molecule has 1 fully saturated rings. The fraction of sp³-hybridized carbons (Fsp3) is 0.500. The van der Waals surface area contributed by atoms with E-state index in [2.05, 4.69) is 10.3 Å². The SMILES string of the molecule is CN([C@H]1CNC[C@@H]1O)S(=O)(=O)c1cccnc1. The van der Waals surface area contributed by atoms with Crippen LogP contribution in [0.2, 0.25) is 0 Å². The van der Waals surface area contributed by atoms with Crippen LogP contribution in [0.25, 0.3) is 0 Å². The third-order valence-electron chi connectivity index (χ3n) is 2.93. The maximum absolute atomic E-state index is 12.2. The van der Waals surface area contributed by atoms with Gasteiger partial charge < -0.3 is 10.4 Å². The minimum atomic E-state index is -3.58. The van der Waals surface area contributed by atoms with Crippen LogP contribution in [0.5, 0.6) is 0 Å². The predicted molar refractivity (Wildman–Crippen MR) is 61.9 cm³/mol. The Balaban J connectivity index is 2.27. The van der Waals surface area contributed by atoms with Crippen LogP contribution < -0.4 is 5.32 Å². The van der Waals surface area contributed by atoms with E-state index in [0.29, 0.717) is 13.1 Å². The molecule has 0 aliphatic carbocycles. The third-order valence-corrected chi connectivity index (χ3v) is 4.80. The molecule has 6 nitrogen and oxygen atoms in total. The number of pyridine rings is 1. The number of β-amino-alcohol motifs (C(OH)–C–C–N with tert-alkyl or cyclic N) is 1. The van der Waals surface area contributed by atoms with Crippen molar-refractivity contribution in [2.75, 3.05) is 20.1 Å². The van der Waals surface area contributed by atoms with Crippen molar-refractivity contribution in [1.29, 1.82) is 0 Å². The summed E-state index contributed by atoms with van der Waals surface area (Å²) in [5, 5.41) is 12.6. The van der Waals surface area contributed by atoms with E-state index >= 15 is 0 Å². The summed E-state index contributed by atoms with van der Waals surface area (Å²) in [5.41, 5.74) is 0. The summed E-state index contributed by atoms with van der Waals surface area (Å²) in [6.07, 6.45) is 2.15. The lowest BCUT2D eigenvalue weighted by Crippen LogP contribution is -2.44. The zero-order chi connectivity index (χ0) is 12.5. The highest BCUT2D eigenvalue weighted by atomic mass is 32.2. The van der Waals surface area contributed by atoms with E-state index in [1.54, 1.807) is 6.07 Å². The second kappa shape index (κ2) is 4.69. The van der Waals surface area contributed by atoms with E-state index in [1.807, 2.05) is 0 Å². The number of nitrogens with one attached hydrogen (secondary N) is 1. The molecule has 0 unspecified atom stereocenters. The quantitative estimate of drug-likeness (QED) is 0.728. The first-order valence-electron chi connectivity index (χ1n) is 5.30. The Bertz CT molecular complexity index is 477. The third kappa shape index (κ3) is 2.32. The zero-order valence-electron chi connectivity index (χ0n) is 9.44. The summed E-state index contributed by atoms with van der Waals surface area (Å²) in [5.74, 6) is 0. The number of aliphatic hydroxyl groups is 1. The Kier molecular flexibility index (Phi) is 3.43. The molecular weight excluding hydrogens is 242 g/mol. The van der Waals surface area contributed by atoms with Crippen LogP contribution in [-0.2, 0) is 10.0 Å². The van der Waals surface area contributed by atoms with E-state index in [9.17, 15) is 13.5 Å². The van der Waals surface area contributed by atoms with E-state index in [0.717, 1.165) is 0 Å². The van der Waals surface area contributed by atoms with Gasteiger partial charge in [-0.2, -0.15) is 4.31 Å². The van der Waals surface area contributed by atoms with Crippen LogP contribution in [-0.4, -0.2) is 55.1 Å². The van der Waals surface area contributed by atoms with Crippen LogP contribution in [0.1, 0.15) is 0 Å². The highest BCUT2D eigenvalue weighted by Gasteiger charge is 2.35. The Labute approximate surface area is 100 Å². The lowest BCUT2D eigenvalue weighted by Gasteiger charge is -2.25. The summed E-state index contributed by atoms with van der Waals surface area (Å²) >= 11 is 0. The van der Waals surface area contributed by atoms with Gasteiger partial charge in [-0.1, -0.05) is 0 Å². The lowest BCUT2D eigenvalue weighted by molar-refractivity contribution is 0.136. The normalized spacial score (nSPS) is 25.4. The topological polar surface area (TPSA) is 82.5 Å². The number of hydrogen-bond donors (Lipinski definition) is 2. The van der Waals surface area contributed by atoms with Gasteiger partial charge in [-0.05, 0) is 12.1 Å². The zero-order valence-corrected chi connectivity index (χ0v) is 10.3. The van der Waals surface area contributed by atoms with Gasteiger partial charge in [-0.15, -0.1) is 0 Å². The molecule has 2 heterocycles. The molecule has 2 atom stereocenters. The van der Waals surface area contributed by atoms with Gasteiger partial charge in [0.1, 0.15) is 4.90 Å². The summed E-state index contributed by atoms with van der Waals surface area (Å²) in [6.45, 7) is 0.870. The molecular formula is C10H15N3O3S. The maximum atomic E-state index is 12.2. The van der Waals surface area contributed by atoms with E-state index < -0.39 is 22.2 Å². The van der Waals surface area contributed by atoms with Crippen molar-refractivity contribution in [1.82, 2.24) is 14.6 Å². The number of aromatic nitrogens is 1. The number of aliphatic hydroxyl groups excluding tert-OH is 1. The van der Waals surface area contributed by atoms with Gasteiger partial charge in [0.25, 0.3) is 0 Å². The van der Waals surface area contributed by atoms with Crippen molar-refractivity contribution < 1.29 is 13.5 Å². The van der Waals surface area contributed by atoms with Crippen LogP contribution in [0.3, 0.4) is 0 Å². The average Bonchev–Trinajstić information content (AvgIpc) is 2.75. The van der Waals surface area contributed by atoms with E-state index in [4.69, 9.17) is 0 Å². The number of rotatable bonds is 3. The minimum absolute atomic E-state index is 0.140. The molecule has 2 rings (SSSR count). The maximum Gasteiger partial charge on any atom is 0.244 e. The van der Waals surface area contributed by atoms with Crippen LogP contribution in [0, 0.1) is 0 Å².